The lowest BCUT2D eigenvalue weighted by molar-refractivity contribution is 0.0666. The molecule has 0 aliphatic carbocycles. The predicted octanol–water partition coefficient (Wildman–Crippen LogP) is 1.54. The molecule has 0 aromatic carbocycles. The lowest BCUT2D eigenvalue weighted by Gasteiger charge is -2.08. The summed E-state index contributed by atoms with van der Waals surface area (Å²) in [6, 6.07) is 0. The van der Waals surface area contributed by atoms with Gasteiger partial charge < -0.3 is 4.57 Å². The van der Waals surface area contributed by atoms with Crippen molar-refractivity contribution >= 4 is 11.6 Å². The standard InChI is InChI=1S/C9H7ClF2N4O/c10-7-8(17)15(3-1-14-7)5-6-13-2-4-16(6)9(11)12/h1-4,9H,5H2. The predicted molar refractivity (Wildman–Crippen MR) is 56.1 cm³/mol. The smallest absolute Gasteiger partial charge is 0.304 e. The van der Waals surface area contributed by atoms with Crippen LogP contribution in [0.1, 0.15) is 12.4 Å². The molecule has 0 aliphatic heterocycles. The quantitative estimate of drug-likeness (QED) is 0.841. The van der Waals surface area contributed by atoms with Crippen LogP contribution in [0.25, 0.3) is 0 Å². The minimum Gasteiger partial charge on any atom is -0.304 e. The molecule has 0 saturated carbocycles. The van der Waals surface area contributed by atoms with E-state index in [0.29, 0.717) is 4.57 Å². The van der Waals surface area contributed by atoms with Gasteiger partial charge in [-0.25, -0.2) is 9.97 Å². The maximum absolute atomic E-state index is 12.5. The Morgan fingerprint density at radius 2 is 2.00 bits per heavy atom. The van der Waals surface area contributed by atoms with Crippen molar-refractivity contribution in [1.29, 1.82) is 0 Å². The van der Waals surface area contributed by atoms with Gasteiger partial charge in [0.05, 0.1) is 6.54 Å². The van der Waals surface area contributed by atoms with Crippen molar-refractivity contribution in [2.45, 2.75) is 13.1 Å². The highest BCUT2D eigenvalue weighted by Gasteiger charge is 2.12. The second kappa shape index (κ2) is 4.62. The monoisotopic (exact) mass is 260 g/mol. The molecule has 2 heterocycles. The third-order valence-electron chi connectivity index (χ3n) is 2.14. The molecule has 0 radical (unpaired) electrons. The average Bonchev–Trinajstić information content (AvgIpc) is 2.73. The van der Waals surface area contributed by atoms with Crippen LogP contribution in [0.15, 0.2) is 29.6 Å². The molecule has 0 atom stereocenters. The number of hydrogen-bond acceptors (Lipinski definition) is 3. The normalized spacial score (nSPS) is 11.1. The second-order valence-electron chi connectivity index (χ2n) is 3.18. The Morgan fingerprint density at radius 3 is 2.71 bits per heavy atom. The van der Waals surface area contributed by atoms with E-state index in [1.807, 2.05) is 0 Å². The zero-order valence-corrected chi connectivity index (χ0v) is 9.18. The van der Waals surface area contributed by atoms with Crippen LogP contribution >= 0.6 is 11.6 Å². The first-order valence-electron chi connectivity index (χ1n) is 4.60. The van der Waals surface area contributed by atoms with Gasteiger partial charge in [0.15, 0.2) is 5.15 Å². The van der Waals surface area contributed by atoms with E-state index in [1.54, 1.807) is 0 Å². The maximum Gasteiger partial charge on any atom is 0.319 e. The third-order valence-corrected chi connectivity index (χ3v) is 2.40. The molecule has 0 unspecified atom stereocenters. The number of nitrogens with zero attached hydrogens (tertiary/aromatic N) is 4. The van der Waals surface area contributed by atoms with E-state index < -0.39 is 12.1 Å². The van der Waals surface area contributed by atoms with Gasteiger partial charge in [-0.1, -0.05) is 11.6 Å². The van der Waals surface area contributed by atoms with E-state index in [4.69, 9.17) is 11.6 Å². The molecular formula is C9H7ClF2N4O. The summed E-state index contributed by atoms with van der Waals surface area (Å²) in [4.78, 5) is 18.9. The molecular weight excluding hydrogens is 254 g/mol. The minimum absolute atomic E-state index is 0.0735. The van der Waals surface area contributed by atoms with E-state index in [-0.39, 0.29) is 17.5 Å². The Morgan fingerprint density at radius 1 is 1.29 bits per heavy atom. The summed E-state index contributed by atoms with van der Waals surface area (Å²) in [7, 11) is 0. The van der Waals surface area contributed by atoms with Crippen molar-refractivity contribution in [3.8, 4) is 0 Å². The van der Waals surface area contributed by atoms with Crippen LogP contribution in [0.3, 0.4) is 0 Å². The van der Waals surface area contributed by atoms with Crippen molar-refractivity contribution in [2.75, 3.05) is 0 Å². The summed E-state index contributed by atoms with van der Waals surface area (Å²) < 4.78 is 26.9. The van der Waals surface area contributed by atoms with Gasteiger partial charge in [0.2, 0.25) is 0 Å². The van der Waals surface area contributed by atoms with Crippen molar-refractivity contribution in [2.24, 2.45) is 0 Å². The van der Waals surface area contributed by atoms with Gasteiger partial charge in [0, 0.05) is 24.8 Å². The van der Waals surface area contributed by atoms with Gasteiger partial charge in [-0.2, -0.15) is 8.78 Å². The summed E-state index contributed by atoms with van der Waals surface area (Å²) in [5.74, 6) is 0.0735. The molecule has 0 saturated heterocycles. The van der Waals surface area contributed by atoms with Crippen LogP contribution in [-0.4, -0.2) is 19.1 Å². The number of hydrogen-bond donors (Lipinski definition) is 0. The molecule has 2 aromatic rings. The summed E-state index contributed by atoms with van der Waals surface area (Å²) in [6.07, 6.45) is 5.07. The Hall–Kier alpha value is -1.76. The summed E-state index contributed by atoms with van der Waals surface area (Å²) in [5.41, 5.74) is -0.544. The van der Waals surface area contributed by atoms with Crippen molar-refractivity contribution in [1.82, 2.24) is 19.1 Å². The fourth-order valence-electron chi connectivity index (χ4n) is 1.34. The van der Waals surface area contributed by atoms with Crippen molar-refractivity contribution in [3.05, 3.63) is 46.1 Å². The summed E-state index contributed by atoms with van der Waals surface area (Å²) in [6.45, 7) is -2.78. The number of imidazole rings is 1. The van der Waals surface area contributed by atoms with E-state index in [9.17, 15) is 13.6 Å². The second-order valence-corrected chi connectivity index (χ2v) is 3.54. The van der Waals surface area contributed by atoms with E-state index in [2.05, 4.69) is 9.97 Å². The van der Waals surface area contributed by atoms with E-state index >= 15 is 0 Å². The third kappa shape index (κ3) is 2.33. The van der Waals surface area contributed by atoms with Gasteiger partial charge in [-0.15, -0.1) is 0 Å². The van der Waals surface area contributed by atoms with Gasteiger partial charge in [-0.3, -0.25) is 9.36 Å². The van der Waals surface area contributed by atoms with E-state index in [1.165, 1.54) is 18.6 Å². The summed E-state index contributed by atoms with van der Waals surface area (Å²) >= 11 is 5.54. The molecule has 0 bridgehead atoms. The number of aromatic nitrogens is 4. The Kier molecular flexibility index (Phi) is 3.19. The summed E-state index contributed by atoms with van der Waals surface area (Å²) in [5, 5.41) is -0.206. The zero-order chi connectivity index (χ0) is 12.4. The van der Waals surface area contributed by atoms with Crippen molar-refractivity contribution < 1.29 is 8.78 Å². The van der Waals surface area contributed by atoms with Gasteiger partial charge in [0.1, 0.15) is 5.82 Å². The molecule has 0 spiro atoms. The van der Waals surface area contributed by atoms with Crippen LogP contribution in [0, 0.1) is 0 Å². The number of rotatable bonds is 3. The van der Waals surface area contributed by atoms with Crippen molar-refractivity contribution in [3.63, 3.8) is 0 Å². The van der Waals surface area contributed by atoms with Gasteiger partial charge in [0.25, 0.3) is 5.56 Å². The lowest BCUT2D eigenvalue weighted by Crippen LogP contribution is -2.23. The number of alkyl halides is 2. The molecule has 90 valence electrons. The Labute approximate surface area is 99.3 Å². The van der Waals surface area contributed by atoms with Crippen LogP contribution in [0.4, 0.5) is 8.78 Å². The van der Waals surface area contributed by atoms with E-state index in [0.717, 1.165) is 10.8 Å². The van der Waals surface area contributed by atoms with Gasteiger partial charge in [-0.05, 0) is 0 Å². The lowest BCUT2D eigenvalue weighted by atomic mass is 10.5. The van der Waals surface area contributed by atoms with Crippen LogP contribution in [-0.2, 0) is 6.54 Å². The fourth-order valence-corrected chi connectivity index (χ4v) is 1.51. The average molecular weight is 261 g/mol. The first-order valence-corrected chi connectivity index (χ1v) is 4.98. The minimum atomic E-state index is -2.69. The molecule has 0 N–H and O–H groups in total. The molecule has 5 nitrogen and oxygen atoms in total. The van der Waals surface area contributed by atoms with Crippen LogP contribution in [0.2, 0.25) is 5.15 Å². The SMILES string of the molecule is O=c1c(Cl)nccn1Cc1nccn1C(F)F. The topological polar surface area (TPSA) is 52.7 Å². The maximum atomic E-state index is 12.5. The first-order chi connectivity index (χ1) is 8.09. The van der Waals surface area contributed by atoms with Gasteiger partial charge >= 0.3 is 6.55 Å². The first kappa shape index (κ1) is 11.7. The molecule has 2 aromatic heterocycles. The highest BCUT2D eigenvalue weighted by molar-refractivity contribution is 6.29. The molecule has 0 amide bonds. The highest BCUT2D eigenvalue weighted by atomic mass is 35.5. The highest BCUT2D eigenvalue weighted by Crippen LogP contribution is 2.12. The fraction of sp³-hybridized carbons (Fsp3) is 0.222. The molecule has 17 heavy (non-hydrogen) atoms. The Balaban J connectivity index is 2.35. The Bertz CT molecular complexity index is 580. The van der Waals surface area contributed by atoms with Crippen LogP contribution in [0.5, 0.6) is 0 Å². The molecule has 8 heteroatoms. The number of halogens is 3. The molecule has 0 aliphatic rings. The molecule has 0 fully saturated rings. The largest absolute Gasteiger partial charge is 0.319 e. The molecule has 2 rings (SSSR count). The zero-order valence-electron chi connectivity index (χ0n) is 8.42. The van der Waals surface area contributed by atoms with Crippen LogP contribution < -0.4 is 5.56 Å².